The molecule has 0 aliphatic carbocycles. The number of hydrogen-bond donors (Lipinski definition) is 2. The molecular formula is C19H24N6O2S. The minimum Gasteiger partial charge on any atom is -0.356 e. The number of aromatic nitrogens is 3. The fourth-order valence-electron chi connectivity index (χ4n) is 3.73. The van der Waals surface area contributed by atoms with Crippen molar-refractivity contribution in [1.29, 1.82) is 0 Å². The molecule has 9 heteroatoms. The van der Waals surface area contributed by atoms with Crippen LogP contribution in [0.1, 0.15) is 18.4 Å². The topological polar surface area (TPSA) is 106 Å². The largest absolute Gasteiger partial charge is 0.356 e. The summed E-state index contributed by atoms with van der Waals surface area (Å²) in [4.78, 5) is 11.3. The summed E-state index contributed by atoms with van der Waals surface area (Å²) < 4.78 is 26.7. The Morgan fingerprint density at radius 3 is 2.57 bits per heavy atom. The summed E-state index contributed by atoms with van der Waals surface area (Å²) in [6.45, 7) is 2.81. The lowest BCUT2D eigenvalue weighted by molar-refractivity contribution is 0.401. The zero-order chi connectivity index (χ0) is 19.6. The zero-order valence-electron chi connectivity index (χ0n) is 15.5. The molecule has 0 bridgehead atoms. The molecule has 1 aliphatic heterocycles. The van der Waals surface area contributed by atoms with E-state index in [1.54, 1.807) is 6.33 Å². The number of piperidine rings is 1. The fraction of sp³-hybridized carbons (Fsp3) is 0.368. The summed E-state index contributed by atoms with van der Waals surface area (Å²) >= 11 is 0. The summed E-state index contributed by atoms with van der Waals surface area (Å²) in [7, 11) is -3.63. The molecule has 8 nitrogen and oxygen atoms in total. The van der Waals surface area contributed by atoms with E-state index in [0.717, 1.165) is 49.3 Å². The van der Waals surface area contributed by atoms with Crippen molar-refractivity contribution >= 4 is 27.1 Å². The van der Waals surface area contributed by atoms with Gasteiger partial charge in [0.15, 0.2) is 0 Å². The molecule has 1 aromatic carbocycles. The van der Waals surface area contributed by atoms with Crippen molar-refractivity contribution in [2.45, 2.75) is 19.4 Å². The molecule has 28 heavy (non-hydrogen) atoms. The van der Waals surface area contributed by atoms with Crippen molar-refractivity contribution in [3.05, 3.63) is 54.5 Å². The highest BCUT2D eigenvalue weighted by Gasteiger charge is 2.23. The molecule has 1 aliphatic rings. The van der Waals surface area contributed by atoms with Crippen LogP contribution in [0.15, 0.2) is 48.9 Å². The Kier molecular flexibility index (Phi) is 5.29. The van der Waals surface area contributed by atoms with Gasteiger partial charge in [-0.15, -0.1) is 0 Å². The molecule has 0 amide bonds. The molecule has 0 saturated carbocycles. The minimum atomic E-state index is -3.63. The van der Waals surface area contributed by atoms with Gasteiger partial charge in [0.25, 0.3) is 10.2 Å². The van der Waals surface area contributed by atoms with Gasteiger partial charge >= 0.3 is 0 Å². The molecule has 0 spiro atoms. The van der Waals surface area contributed by atoms with Gasteiger partial charge < -0.3 is 9.47 Å². The fourth-order valence-corrected chi connectivity index (χ4v) is 4.20. The number of fused-ring (bicyclic) bond motifs is 1. The number of hydrogen-bond acceptors (Lipinski definition) is 5. The van der Waals surface area contributed by atoms with E-state index in [9.17, 15) is 8.42 Å². The normalized spacial score (nSPS) is 16.0. The van der Waals surface area contributed by atoms with Crippen LogP contribution >= 0.6 is 0 Å². The molecule has 4 rings (SSSR count). The molecule has 2 aromatic heterocycles. The van der Waals surface area contributed by atoms with Crippen molar-refractivity contribution in [3.63, 3.8) is 0 Å². The van der Waals surface area contributed by atoms with Gasteiger partial charge in [-0.25, -0.2) is 19.8 Å². The highest BCUT2D eigenvalue weighted by atomic mass is 32.2. The lowest BCUT2D eigenvalue weighted by Gasteiger charge is -2.33. The number of anilines is 1. The van der Waals surface area contributed by atoms with Crippen LogP contribution in [0.4, 0.5) is 5.82 Å². The second-order valence-electron chi connectivity index (χ2n) is 7.19. The molecule has 1 fully saturated rings. The summed E-state index contributed by atoms with van der Waals surface area (Å²) in [5.41, 5.74) is 2.15. The van der Waals surface area contributed by atoms with Crippen LogP contribution in [0.2, 0.25) is 0 Å². The maximum absolute atomic E-state index is 11.1. The van der Waals surface area contributed by atoms with Crippen LogP contribution in [-0.4, -0.2) is 42.6 Å². The quantitative estimate of drug-likeness (QED) is 0.652. The SMILES string of the molecule is NS(=O)(=O)NCC1CCN(c2ncnc3c2ccn3Cc2ccccc2)CC1. The van der Waals surface area contributed by atoms with Gasteiger partial charge in [0.05, 0.1) is 5.39 Å². The Morgan fingerprint density at radius 1 is 1.11 bits per heavy atom. The van der Waals surface area contributed by atoms with Gasteiger partial charge in [0.1, 0.15) is 17.8 Å². The molecule has 0 atom stereocenters. The first-order chi connectivity index (χ1) is 13.5. The molecule has 0 unspecified atom stereocenters. The van der Waals surface area contributed by atoms with Crippen molar-refractivity contribution < 1.29 is 8.42 Å². The first-order valence-electron chi connectivity index (χ1n) is 9.36. The van der Waals surface area contributed by atoms with E-state index in [-0.39, 0.29) is 5.92 Å². The Morgan fingerprint density at radius 2 is 1.86 bits per heavy atom. The van der Waals surface area contributed by atoms with E-state index in [1.807, 2.05) is 18.2 Å². The molecule has 3 N–H and O–H groups in total. The highest BCUT2D eigenvalue weighted by molar-refractivity contribution is 7.87. The maximum atomic E-state index is 11.1. The molecule has 148 valence electrons. The summed E-state index contributed by atoms with van der Waals surface area (Å²) in [6.07, 6.45) is 5.45. The van der Waals surface area contributed by atoms with Gasteiger partial charge in [-0.3, -0.25) is 0 Å². The summed E-state index contributed by atoms with van der Waals surface area (Å²) in [5, 5.41) is 6.06. The number of benzene rings is 1. The Bertz CT molecular complexity index is 1040. The highest BCUT2D eigenvalue weighted by Crippen LogP contribution is 2.28. The molecular weight excluding hydrogens is 376 g/mol. The first-order valence-corrected chi connectivity index (χ1v) is 10.9. The van der Waals surface area contributed by atoms with Gasteiger partial charge in [-0.1, -0.05) is 30.3 Å². The third-order valence-electron chi connectivity index (χ3n) is 5.22. The number of nitrogens with one attached hydrogen (secondary N) is 1. The molecule has 3 heterocycles. The van der Waals surface area contributed by atoms with Crippen LogP contribution in [0, 0.1) is 5.92 Å². The average Bonchev–Trinajstić information content (AvgIpc) is 3.10. The molecule has 0 radical (unpaired) electrons. The van der Waals surface area contributed by atoms with E-state index in [2.05, 4.69) is 48.6 Å². The zero-order valence-corrected chi connectivity index (χ0v) is 16.3. The standard InChI is InChI=1S/C19H24N6O2S/c20-28(26,27)23-12-15-6-9-24(10-7-15)18-17-8-11-25(19(17)22-14-21-18)13-16-4-2-1-3-5-16/h1-5,8,11,14-15,23H,6-7,9-10,12-13H2,(H2,20,26,27). The van der Waals surface area contributed by atoms with Gasteiger partial charge in [0, 0.05) is 32.4 Å². The van der Waals surface area contributed by atoms with Crippen molar-refractivity contribution in [3.8, 4) is 0 Å². The first kappa shape index (κ1) is 18.9. The third kappa shape index (κ3) is 4.32. The average molecular weight is 401 g/mol. The third-order valence-corrected chi connectivity index (χ3v) is 5.79. The van der Waals surface area contributed by atoms with Gasteiger partial charge in [-0.05, 0) is 30.4 Å². The Labute approximate surface area is 164 Å². The predicted molar refractivity (Wildman–Crippen MR) is 109 cm³/mol. The van der Waals surface area contributed by atoms with Crippen LogP contribution in [-0.2, 0) is 16.8 Å². The van der Waals surface area contributed by atoms with E-state index >= 15 is 0 Å². The van der Waals surface area contributed by atoms with Crippen LogP contribution in [0.3, 0.4) is 0 Å². The summed E-state index contributed by atoms with van der Waals surface area (Å²) in [5.74, 6) is 1.23. The van der Waals surface area contributed by atoms with E-state index in [0.29, 0.717) is 6.54 Å². The predicted octanol–water partition coefficient (Wildman–Crippen LogP) is 1.49. The molecule has 1 saturated heterocycles. The maximum Gasteiger partial charge on any atom is 0.274 e. The minimum absolute atomic E-state index is 0.287. The number of nitrogens with two attached hydrogens (primary N) is 1. The van der Waals surface area contributed by atoms with Crippen LogP contribution in [0.5, 0.6) is 0 Å². The van der Waals surface area contributed by atoms with E-state index in [1.165, 1.54) is 5.56 Å². The number of rotatable bonds is 6. The lowest BCUT2D eigenvalue weighted by atomic mass is 9.97. The van der Waals surface area contributed by atoms with E-state index in [4.69, 9.17) is 5.14 Å². The molecule has 3 aromatic rings. The van der Waals surface area contributed by atoms with Gasteiger partial charge in [-0.2, -0.15) is 8.42 Å². The second-order valence-corrected chi connectivity index (χ2v) is 8.57. The summed E-state index contributed by atoms with van der Waals surface area (Å²) in [6, 6.07) is 12.4. The van der Waals surface area contributed by atoms with E-state index < -0.39 is 10.2 Å². The lowest BCUT2D eigenvalue weighted by Crippen LogP contribution is -2.40. The second kappa shape index (κ2) is 7.86. The Hall–Kier alpha value is -2.49. The smallest absolute Gasteiger partial charge is 0.274 e. The Balaban J connectivity index is 1.48. The van der Waals surface area contributed by atoms with Crippen molar-refractivity contribution in [1.82, 2.24) is 19.3 Å². The van der Waals surface area contributed by atoms with Gasteiger partial charge in [0.2, 0.25) is 0 Å². The van der Waals surface area contributed by atoms with Crippen molar-refractivity contribution in [2.24, 2.45) is 11.1 Å². The van der Waals surface area contributed by atoms with Crippen LogP contribution in [0.25, 0.3) is 11.0 Å². The monoisotopic (exact) mass is 400 g/mol. The van der Waals surface area contributed by atoms with Crippen molar-refractivity contribution in [2.75, 3.05) is 24.5 Å². The number of nitrogens with zero attached hydrogens (tertiary/aromatic N) is 4. The van der Waals surface area contributed by atoms with Crippen LogP contribution < -0.4 is 14.8 Å².